The van der Waals surface area contributed by atoms with E-state index in [1.807, 2.05) is 4.68 Å². The SMILES string of the molecule is Cn1cc([C@](C)(O)CNC(=O)Nc2ccnn2C2CCCCC2)cn1. The van der Waals surface area contributed by atoms with E-state index < -0.39 is 5.60 Å². The second-order valence-electron chi connectivity index (χ2n) is 6.94. The minimum absolute atomic E-state index is 0.0854. The first kappa shape index (κ1) is 17.5. The van der Waals surface area contributed by atoms with Crippen LogP contribution in [-0.2, 0) is 12.6 Å². The summed E-state index contributed by atoms with van der Waals surface area (Å²) in [4.78, 5) is 12.2. The Balaban J connectivity index is 1.57. The predicted octanol–water partition coefficient (Wildman–Crippen LogP) is 2.15. The van der Waals surface area contributed by atoms with Gasteiger partial charge in [-0.15, -0.1) is 0 Å². The van der Waals surface area contributed by atoms with E-state index >= 15 is 0 Å². The quantitative estimate of drug-likeness (QED) is 0.773. The van der Waals surface area contributed by atoms with Gasteiger partial charge in [-0.1, -0.05) is 19.3 Å². The zero-order chi connectivity index (χ0) is 17.9. The van der Waals surface area contributed by atoms with Crippen LogP contribution in [0.4, 0.5) is 10.6 Å². The van der Waals surface area contributed by atoms with Gasteiger partial charge in [-0.05, 0) is 19.8 Å². The molecule has 2 aromatic heterocycles. The van der Waals surface area contributed by atoms with Crippen molar-refractivity contribution in [3.05, 3.63) is 30.2 Å². The van der Waals surface area contributed by atoms with Gasteiger partial charge in [0.05, 0.1) is 25.0 Å². The molecule has 1 fully saturated rings. The largest absolute Gasteiger partial charge is 0.383 e. The molecular weight excluding hydrogens is 320 g/mol. The van der Waals surface area contributed by atoms with Crippen molar-refractivity contribution >= 4 is 11.8 Å². The van der Waals surface area contributed by atoms with Crippen LogP contribution in [0.15, 0.2) is 24.7 Å². The Morgan fingerprint density at radius 2 is 2.12 bits per heavy atom. The van der Waals surface area contributed by atoms with Gasteiger partial charge in [-0.25, -0.2) is 9.48 Å². The maximum Gasteiger partial charge on any atom is 0.320 e. The van der Waals surface area contributed by atoms with E-state index in [0.717, 1.165) is 12.8 Å². The third-order valence-electron chi connectivity index (χ3n) is 4.75. The summed E-state index contributed by atoms with van der Waals surface area (Å²) in [6.07, 6.45) is 10.9. The van der Waals surface area contributed by atoms with Gasteiger partial charge in [0.25, 0.3) is 0 Å². The lowest BCUT2D eigenvalue weighted by Gasteiger charge is -2.25. The number of aryl methyl sites for hydroxylation is 1. The topological polar surface area (TPSA) is 97.0 Å². The molecule has 0 aromatic carbocycles. The molecule has 136 valence electrons. The third kappa shape index (κ3) is 4.19. The minimum Gasteiger partial charge on any atom is -0.383 e. The molecule has 0 bridgehead atoms. The molecule has 1 saturated carbocycles. The van der Waals surface area contributed by atoms with Crippen LogP contribution in [0.5, 0.6) is 0 Å². The molecule has 2 heterocycles. The number of aromatic nitrogens is 4. The Kier molecular flexibility index (Phi) is 5.08. The van der Waals surface area contributed by atoms with E-state index in [-0.39, 0.29) is 12.6 Å². The van der Waals surface area contributed by atoms with Gasteiger partial charge in [-0.2, -0.15) is 10.2 Å². The second kappa shape index (κ2) is 7.26. The van der Waals surface area contributed by atoms with E-state index in [1.54, 1.807) is 43.3 Å². The van der Waals surface area contributed by atoms with Crippen LogP contribution >= 0.6 is 0 Å². The molecule has 3 N–H and O–H groups in total. The molecule has 0 unspecified atom stereocenters. The molecule has 2 aromatic rings. The Morgan fingerprint density at radius 1 is 1.36 bits per heavy atom. The average molecular weight is 346 g/mol. The van der Waals surface area contributed by atoms with Crippen molar-refractivity contribution in [2.24, 2.45) is 7.05 Å². The van der Waals surface area contributed by atoms with Gasteiger partial charge < -0.3 is 10.4 Å². The highest BCUT2D eigenvalue weighted by Gasteiger charge is 2.26. The number of hydrogen-bond donors (Lipinski definition) is 3. The number of urea groups is 1. The number of hydrogen-bond acceptors (Lipinski definition) is 4. The third-order valence-corrected chi connectivity index (χ3v) is 4.75. The van der Waals surface area contributed by atoms with Crippen molar-refractivity contribution in [2.45, 2.75) is 50.7 Å². The molecular formula is C17H26N6O2. The summed E-state index contributed by atoms with van der Waals surface area (Å²) in [7, 11) is 1.78. The van der Waals surface area contributed by atoms with Crippen LogP contribution in [0.2, 0.25) is 0 Å². The smallest absolute Gasteiger partial charge is 0.320 e. The Labute approximate surface area is 147 Å². The highest BCUT2D eigenvalue weighted by atomic mass is 16.3. The molecule has 1 atom stereocenters. The minimum atomic E-state index is -1.19. The fourth-order valence-electron chi connectivity index (χ4n) is 3.24. The first-order valence-electron chi connectivity index (χ1n) is 8.75. The molecule has 0 aliphatic heterocycles. The van der Waals surface area contributed by atoms with Crippen molar-refractivity contribution in [3.8, 4) is 0 Å². The van der Waals surface area contributed by atoms with Gasteiger partial charge in [0.15, 0.2) is 0 Å². The summed E-state index contributed by atoms with van der Waals surface area (Å²) in [5.74, 6) is 0.686. The molecule has 8 heteroatoms. The van der Waals surface area contributed by atoms with Gasteiger partial charge >= 0.3 is 6.03 Å². The van der Waals surface area contributed by atoms with Crippen LogP contribution < -0.4 is 10.6 Å². The molecule has 2 amide bonds. The monoisotopic (exact) mass is 346 g/mol. The number of carbonyl (C=O) groups is 1. The van der Waals surface area contributed by atoms with Crippen LogP contribution in [0.25, 0.3) is 0 Å². The van der Waals surface area contributed by atoms with Crippen LogP contribution in [0, 0.1) is 0 Å². The van der Waals surface area contributed by atoms with Crippen LogP contribution in [0.1, 0.15) is 50.6 Å². The lowest BCUT2D eigenvalue weighted by molar-refractivity contribution is 0.0599. The number of rotatable bonds is 5. The van der Waals surface area contributed by atoms with Crippen molar-refractivity contribution < 1.29 is 9.90 Å². The molecule has 0 saturated heterocycles. The average Bonchev–Trinajstić information content (AvgIpc) is 3.23. The van der Waals surface area contributed by atoms with Crippen molar-refractivity contribution in [1.29, 1.82) is 0 Å². The highest BCUT2D eigenvalue weighted by molar-refractivity contribution is 5.88. The highest BCUT2D eigenvalue weighted by Crippen LogP contribution is 2.29. The zero-order valence-electron chi connectivity index (χ0n) is 14.8. The number of amides is 2. The maximum atomic E-state index is 12.2. The molecule has 0 radical (unpaired) electrons. The second-order valence-corrected chi connectivity index (χ2v) is 6.94. The Hall–Kier alpha value is -2.35. The maximum absolute atomic E-state index is 12.2. The van der Waals surface area contributed by atoms with Gasteiger partial charge in [0, 0.05) is 24.9 Å². The molecule has 0 spiro atoms. The first-order chi connectivity index (χ1) is 12.0. The van der Waals surface area contributed by atoms with E-state index in [1.165, 1.54) is 19.3 Å². The lowest BCUT2D eigenvalue weighted by atomic mass is 9.96. The summed E-state index contributed by atoms with van der Waals surface area (Å²) >= 11 is 0. The van der Waals surface area contributed by atoms with Gasteiger partial charge in [0.2, 0.25) is 0 Å². The number of nitrogens with zero attached hydrogens (tertiary/aromatic N) is 4. The molecule has 3 rings (SSSR count). The van der Waals surface area contributed by atoms with Crippen molar-refractivity contribution in [3.63, 3.8) is 0 Å². The fraction of sp³-hybridized carbons (Fsp3) is 0.588. The number of aliphatic hydroxyl groups is 1. The fourth-order valence-corrected chi connectivity index (χ4v) is 3.24. The van der Waals surface area contributed by atoms with E-state index in [9.17, 15) is 9.90 Å². The number of carbonyl (C=O) groups excluding carboxylic acids is 1. The summed E-state index contributed by atoms with van der Waals surface area (Å²) < 4.78 is 3.52. The van der Waals surface area contributed by atoms with Crippen LogP contribution in [-0.4, -0.2) is 37.2 Å². The number of nitrogens with one attached hydrogen (secondary N) is 2. The standard InChI is InChI=1S/C17H26N6O2/c1-17(25,13-10-20-22(2)11-13)12-18-16(24)21-15-8-9-19-23(15)14-6-4-3-5-7-14/h8-11,14,25H,3-7,12H2,1-2H3,(H2,18,21,24)/t17-/m1/s1. The van der Waals surface area contributed by atoms with Crippen LogP contribution in [0.3, 0.4) is 0 Å². The van der Waals surface area contributed by atoms with Gasteiger partial charge in [-0.3, -0.25) is 10.00 Å². The van der Waals surface area contributed by atoms with Crippen molar-refractivity contribution in [1.82, 2.24) is 24.9 Å². The summed E-state index contributed by atoms with van der Waals surface area (Å²) in [5.41, 5.74) is -0.530. The van der Waals surface area contributed by atoms with E-state index in [4.69, 9.17) is 0 Å². The normalized spacial score (nSPS) is 17.9. The van der Waals surface area contributed by atoms with E-state index in [0.29, 0.717) is 17.4 Å². The summed E-state index contributed by atoms with van der Waals surface area (Å²) in [6, 6.07) is 1.78. The molecule has 8 nitrogen and oxygen atoms in total. The Bertz CT molecular complexity index is 714. The number of anilines is 1. The Morgan fingerprint density at radius 3 is 2.80 bits per heavy atom. The molecule has 25 heavy (non-hydrogen) atoms. The molecule has 1 aliphatic rings. The van der Waals surface area contributed by atoms with E-state index in [2.05, 4.69) is 20.8 Å². The van der Waals surface area contributed by atoms with Gasteiger partial charge in [0.1, 0.15) is 11.4 Å². The zero-order valence-corrected chi connectivity index (χ0v) is 14.8. The lowest BCUT2D eigenvalue weighted by Crippen LogP contribution is -2.40. The summed E-state index contributed by atoms with van der Waals surface area (Å²) in [6.45, 7) is 1.73. The summed E-state index contributed by atoms with van der Waals surface area (Å²) in [5, 5.41) is 24.5. The first-order valence-corrected chi connectivity index (χ1v) is 8.75. The van der Waals surface area contributed by atoms with Crippen molar-refractivity contribution in [2.75, 3.05) is 11.9 Å². The predicted molar refractivity (Wildman–Crippen MR) is 94.1 cm³/mol. The molecule has 1 aliphatic carbocycles.